The van der Waals surface area contributed by atoms with Gasteiger partial charge in [0.15, 0.2) is 6.10 Å². The highest BCUT2D eigenvalue weighted by molar-refractivity contribution is 5.82. The second-order valence-electron chi connectivity index (χ2n) is 10.4. The molecule has 7 heteroatoms. The molecular weight excluding hydrogens is 515 g/mol. The van der Waals surface area contributed by atoms with Crippen LogP contribution in [0.1, 0.15) is 82.3 Å². The predicted octanol–water partition coefficient (Wildman–Crippen LogP) is 9.23. The van der Waals surface area contributed by atoms with Crippen LogP contribution in [-0.4, -0.2) is 34.9 Å². The standard InChI is InChI=1S/C33H40F3NO3/c1-3-4-6-11-25-17-20-31(37-23-25)30-22-28(18-19-29(30)27-12-7-5-8-13-27)26(14-9-16-32(38)39)15-10-21-40-24(2)33(34,35)36/h5,7-8,12-13,17-20,22-24,26H,3-4,6,9-11,14-16,21H2,1-2H3,(H,38,39). The maximum absolute atomic E-state index is 12.8. The molecule has 0 radical (unpaired) electrons. The minimum absolute atomic E-state index is 0.00783. The lowest BCUT2D eigenvalue weighted by atomic mass is 9.86. The first kappa shape index (κ1) is 31.3. The Morgan fingerprint density at radius 1 is 0.950 bits per heavy atom. The summed E-state index contributed by atoms with van der Waals surface area (Å²) in [6.07, 6.45) is 2.41. The first-order chi connectivity index (χ1) is 19.2. The van der Waals surface area contributed by atoms with Gasteiger partial charge in [0.1, 0.15) is 0 Å². The van der Waals surface area contributed by atoms with E-state index >= 15 is 0 Å². The number of rotatable bonds is 16. The number of nitrogens with zero attached hydrogens (tertiary/aromatic N) is 1. The third-order valence-electron chi connectivity index (χ3n) is 7.24. The van der Waals surface area contributed by atoms with E-state index in [1.165, 1.54) is 18.4 Å². The largest absolute Gasteiger partial charge is 0.481 e. The Kier molecular flexibility index (Phi) is 12.2. The number of aromatic nitrogens is 1. The van der Waals surface area contributed by atoms with Gasteiger partial charge in [0.25, 0.3) is 0 Å². The summed E-state index contributed by atoms with van der Waals surface area (Å²) in [5, 5.41) is 9.16. The minimum atomic E-state index is -4.39. The summed E-state index contributed by atoms with van der Waals surface area (Å²) in [5.41, 5.74) is 6.17. The summed E-state index contributed by atoms with van der Waals surface area (Å²) in [7, 11) is 0. The van der Waals surface area contributed by atoms with Gasteiger partial charge in [-0.15, -0.1) is 0 Å². The molecular formula is C33H40F3NO3. The second kappa shape index (κ2) is 15.6. The number of carboxylic acids is 1. The molecule has 1 aromatic heterocycles. The number of aliphatic carboxylic acids is 1. The molecule has 3 aromatic rings. The lowest BCUT2D eigenvalue weighted by molar-refractivity contribution is -0.214. The molecule has 3 rings (SSSR count). The van der Waals surface area contributed by atoms with Gasteiger partial charge < -0.3 is 9.84 Å². The summed E-state index contributed by atoms with van der Waals surface area (Å²) in [6, 6.07) is 20.5. The van der Waals surface area contributed by atoms with E-state index in [-0.39, 0.29) is 18.9 Å². The van der Waals surface area contributed by atoms with Crippen molar-refractivity contribution in [3.63, 3.8) is 0 Å². The molecule has 2 aromatic carbocycles. The van der Waals surface area contributed by atoms with E-state index in [4.69, 9.17) is 14.8 Å². The van der Waals surface area contributed by atoms with Crippen molar-refractivity contribution in [1.29, 1.82) is 0 Å². The molecule has 0 saturated heterocycles. The molecule has 1 heterocycles. The number of aryl methyl sites for hydroxylation is 1. The highest BCUT2D eigenvalue weighted by Crippen LogP contribution is 2.36. The molecule has 216 valence electrons. The highest BCUT2D eigenvalue weighted by Gasteiger charge is 2.36. The Hall–Kier alpha value is -3.19. The van der Waals surface area contributed by atoms with Crippen molar-refractivity contribution >= 4 is 5.97 Å². The zero-order valence-corrected chi connectivity index (χ0v) is 23.4. The Balaban J connectivity index is 1.88. The van der Waals surface area contributed by atoms with Gasteiger partial charge in [0.05, 0.1) is 5.69 Å². The van der Waals surface area contributed by atoms with Crippen LogP contribution in [0.15, 0.2) is 66.9 Å². The zero-order valence-electron chi connectivity index (χ0n) is 23.4. The van der Waals surface area contributed by atoms with Crippen molar-refractivity contribution in [3.8, 4) is 22.4 Å². The number of alkyl halides is 3. The molecule has 4 nitrogen and oxygen atoms in total. The molecule has 0 fully saturated rings. The van der Waals surface area contributed by atoms with Crippen LogP contribution < -0.4 is 0 Å². The molecule has 0 spiro atoms. The van der Waals surface area contributed by atoms with Crippen molar-refractivity contribution in [2.45, 2.75) is 89.8 Å². The fraction of sp³-hybridized carbons (Fsp3) is 0.455. The van der Waals surface area contributed by atoms with Crippen LogP contribution >= 0.6 is 0 Å². The van der Waals surface area contributed by atoms with Crippen molar-refractivity contribution in [2.75, 3.05) is 6.61 Å². The monoisotopic (exact) mass is 555 g/mol. The molecule has 1 N–H and O–H groups in total. The fourth-order valence-electron chi connectivity index (χ4n) is 4.87. The number of pyridine rings is 1. The van der Waals surface area contributed by atoms with E-state index in [2.05, 4.69) is 49.4 Å². The first-order valence-electron chi connectivity index (χ1n) is 14.2. The van der Waals surface area contributed by atoms with E-state index in [0.717, 1.165) is 47.7 Å². The number of hydrogen-bond acceptors (Lipinski definition) is 3. The zero-order chi connectivity index (χ0) is 29.0. The third kappa shape index (κ3) is 9.77. The molecule has 0 amide bonds. The Morgan fingerprint density at radius 3 is 2.35 bits per heavy atom. The van der Waals surface area contributed by atoms with Crippen LogP contribution in [0.4, 0.5) is 13.2 Å². The van der Waals surface area contributed by atoms with Crippen molar-refractivity contribution in [2.24, 2.45) is 0 Å². The van der Waals surface area contributed by atoms with E-state index in [0.29, 0.717) is 25.7 Å². The van der Waals surface area contributed by atoms with Gasteiger partial charge in [0, 0.05) is 24.8 Å². The van der Waals surface area contributed by atoms with Crippen LogP contribution in [0.5, 0.6) is 0 Å². The van der Waals surface area contributed by atoms with Crippen molar-refractivity contribution < 1.29 is 27.8 Å². The number of hydrogen-bond donors (Lipinski definition) is 1. The van der Waals surface area contributed by atoms with E-state index in [1.807, 2.05) is 24.4 Å². The Labute approximate surface area is 235 Å². The smallest absolute Gasteiger partial charge is 0.414 e. The summed E-state index contributed by atoms with van der Waals surface area (Å²) in [6.45, 7) is 3.19. The van der Waals surface area contributed by atoms with E-state index < -0.39 is 18.2 Å². The van der Waals surface area contributed by atoms with Crippen LogP contribution in [0.2, 0.25) is 0 Å². The van der Waals surface area contributed by atoms with E-state index in [9.17, 15) is 18.0 Å². The van der Waals surface area contributed by atoms with Gasteiger partial charge in [-0.3, -0.25) is 9.78 Å². The maximum Gasteiger partial charge on any atom is 0.414 e. The molecule has 40 heavy (non-hydrogen) atoms. The van der Waals surface area contributed by atoms with Gasteiger partial charge >= 0.3 is 12.1 Å². The number of unbranched alkanes of at least 4 members (excludes halogenated alkanes) is 2. The van der Waals surface area contributed by atoms with Crippen molar-refractivity contribution in [3.05, 3.63) is 78.0 Å². The van der Waals surface area contributed by atoms with Gasteiger partial charge in [-0.05, 0) is 85.8 Å². The highest BCUT2D eigenvalue weighted by atomic mass is 19.4. The molecule has 2 unspecified atom stereocenters. The average Bonchev–Trinajstić information content (AvgIpc) is 2.94. The fourth-order valence-corrected chi connectivity index (χ4v) is 4.87. The first-order valence-corrected chi connectivity index (χ1v) is 14.2. The van der Waals surface area contributed by atoms with Crippen molar-refractivity contribution in [1.82, 2.24) is 4.98 Å². The number of carboxylic acid groups (broad SMARTS) is 1. The normalized spacial score (nSPS) is 13.2. The molecule has 0 aliphatic rings. The average molecular weight is 556 g/mol. The Bertz CT molecular complexity index is 1180. The van der Waals surface area contributed by atoms with Gasteiger partial charge in [0.2, 0.25) is 0 Å². The summed E-state index contributed by atoms with van der Waals surface area (Å²) in [5.74, 6) is -0.870. The summed E-state index contributed by atoms with van der Waals surface area (Å²) >= 11 is 0. The van der Waals surface area contributed by atoms with Crippen LogP contribution in [0, 0.1) is 0 Å². The van der Waals surface area contributed by atoms with Crippen LogP contribution in [0.25, 0.3) is 22.4 Å². The summed E-state index contributed by atoms with van der Waals surface area (Å²) < 4.78 is 43.5. The lowest BCUT2D eigenvalue weighted by Gasteiger charge is -2.21. The number of ether oxygens (including phenoxy) is 1. The van der Waals surface area contributed by atoms with Gasteiger partial charge in [-0.2, -0.15) is 13.2 Å². The minimum Gasteiger partial charge on any atom is -0.481 e. The topological polar surface area (TPSA) is 59.4 Å². The van der Waals surface area contributed by atoms with Crippen LogP contribution in [-0.2, 0) is 16.0 Å². The van der Waals surface area contributed by atoms with Crippen LogP contribution in [0.3, 0.4) is 0 Å². The maximum atomic E-state index is 12.8. The SMILES string of the molecule is CCCCCc1ccc(-c2cc(C(CCCOC(C)C(F)(F)F)CCCC(=O)O)ccc2-c2ccccc2)nc1. The number of carbonyl (C=O) groups is 1. The van der Waals surface area contributed by atoms with Gasteiger partial charge in [-0.1, -0.05) is 68.3 Å². The number of halogens is 3. The van der Waals surface area contributed by atoms with Gasteiger partial charge in [-0.25, -0.2) is 0 Å². The molecule has 0 aliphatic carbocycles. The number of benzene rings is 2. The summed E-state index contributed by atoms with van der Waals surface area (Å²) in [4.78, 5) is 16.0. The molecule has 0 bridgehead atoms. The molecule has 2 atom stereocenters. The molecule has 0 saturated carbocycles. The molecule has 0 aliphatic heterocycles. The third-order valence-corrected chi connectivity index (χ3v) is 7.24. The van der Waals surface area contributed by atoms with E-state index in [1.54, 1.807) is 0 Å². The quantitative estimate of drug-likeness (QED) is 0.179. The Morgan fingerprint density at radius 2 is 1.70 bits per heavy atom. The lowest BCUT2D eigenvalue weighted by Crippen LogP contribution is -2.28. The predicted molar refractivity (Wildman–Crippen MR) is 153 cm³/mol. The second-order valence-corrected chi connectivity index (χ2v) is 10.4.